The summed E-state index contributed by atoms with van der Waals surface area (Å²) < 4.78 is 5.16. The molecule has 0 saturated carbocycles. The number of hydrogen-bond acceptors (Lipinski definition) is 6. The number of carbonyl (C=O) groups is 2. The number of nitro groups is 1. The van der Waals surface area contributed by atoms with Gasteiger partial charge in [-0.05, 0) is 29.8 Å². The molecule has 1 heterocycles. The molecule has 30 heavy (non-hydrogen) atoms. The standard InChI is InChI=1S/C21H24N4O5/c1-15(26)23-8-10-24(11-9-23)19-7-6-17(13-20(19)25(28)29)21(27)22-14-16-4-3-5-18(12-16)30-2/h3-7,12-13H,8-11,14H2,1-2H3,(H,22,27). The fraction of sp³-hybridized carbons (Fsp3) is 0.333. The smallest absolute Gasteiger partial charge is 0.293 e. The van der Waals surface area contributed by atoms with Crippen LogP contribution in [0.2, 0.25) is 0 Å². The van der Waals surface area contributed by atoms with Crippen molar-refractivity contribution in [2.45, 2.75) is 13.5 Å². The van der Waals surface area contributed by atoms with Crippen LogP contribution in [0.4, 0.5) is 11.4 Å². The van der Waals surface area contributed by atoms with Crippen molar-refractivity contribution in [2.24, 2.45) is 0 Å². The topological polar surface area (TPSA) is 105 Å². The summed E-state index contributed by atoms with van der Waals surface area (Å²) in [6, 6.07) is 11.8. The molecule has 2 aromatic carbocycles. The van der Waals surface area contributed by atoms with Gasteiger partial charge in [-0.1, -0.05) is 12.1 Å². The molecular weight excluding hydrogens is 388 g/mol. The fourth-order valence-electron chi connectivity index (χ4n) is 3.41. The summed E-state index contributed by atoms with van der Waals surface area (Å²) in [5.41, 5.74) is 1.40. The van der Waals surface area contributed by atoms with Crippen molar-refractivity contribution in [3.8, 4) is 5.75 Å². The summed E-state index contributed by atoms with van der Waals surface area (Å²) in [5.74, 6) is 0.285. The van der Waals surface area contributed by atoms with Gasteiger partial charge in [0.05, 0.1) is 12.0 Å². The number of carbonyl (C=O) groups excluding carboxylic acids is 2. The second-order valence-electron chi connectivity index (χ2n) is 6.99. The number of nitro benzene ring substituents is 1. The Hall–Kier alpha value is -3.62. The van der Waals surface area contributed by atoms with Gasteiger partial charge in [-0.3, -0.25) is 19.7 Å². The molecule has 1 N–H and O–H groups in total. The number of amides is 2. The maximum Gasteiger partial charge on any atom is 0.293 e. The van der Waals surface area contributed by atoms with Crippen LogP contribution in [0.25, 0.3) is 0 Å². The van der Waals surface area contributed by atoms with E-state index in [9.17, 15) is 19.7 Å². The third-order valence-corrected chi connectivity index (χ3v) is 5.09. The zero-order chi connectivity index (χ0) is 21.7. The number of anilines is 1. The molecule has 3 rings (SSSR count). The minimum Gasteiger partial charge on any atom is -0.497 e. The predicted molar refractivity (Wildman–Crippen MR) is 112 cm³/mol. The number of benzene rings is 2. The first-order valence-electron chi connectivity index (χ1n) is 9.59. The molecular formula is C21H24N4O5. The Morgan fingerprint density at radius 3 is 2.50 bits per heavy atom. The van der Waals surface area contributed by atoms with Gasteiger partial charge in [0.25, 0.3) is 11.6 Å². The van der Waals surface area contributed by atoms with Gasteiger partial charge in [-0.25, -0.2) is 0 Å². The molecule has 1 saturated heterocycles. The van der Waals surface area contributed by atoms with Gasteiger partial charge in [0.2, 0.25) is 5.91 Å². The van der Waals surface area contributed by atoms with Crippen LogP contribution in [0, 0.1) is 10.1 Å². The number of methoxy groups -OCH3 is 1. The molecule has 2 amide bonds. The van der Waals surface area contributed by atoms with Gasteiger partial charge >= 0.3 is 0 Å². The summed E-state index contributed by atoms with van der Waals surface area (Å²) in [6.07, 6.45) is 0. The Morgan fingerprint density at radius 1 is 1.13 bits per heavy atom. The quantitative estimate of drug-likeness (QED) is 0.576. The van der Waals surface area contributed by atoms with Crippen LogP contribution in [0.15, 0.2) is 42.5 Å². The molecule has 0 radical (unpaired) electrons. The zero-order valence-electron chi connectivity index (χ0n) is 17.0. The van der Waals surface area contributed by atoms with E-state index in [1.807, 2.05) is 29.2 Å². The molecule has 0 atom stereocenters. The molecule has 0 bridgehead atoms. The normalized spacial score (nSPS) is 13.7. The van der Waals surface area contributed by atoms with E-state index >= 15 is 0 Å². The summed E-state index contributed by atoms with van der Waals surface area (Å²) in [7, 11) is 1.57. The maximum atomic E-state index is 12.5. The van der Waals surface area contributed by atoms with Gasteiger partial charge < -0.3 is 19.9 Å². The Balaban J connectivity index is 1.72. The van der Waals surface area contributed by atoms with Gasteiger partial charge in [0.15, 0.2) is 0 Å². The second-order valence-corrected chi connectivity index (χ2v) is 6.99. The number of nitrogens with one attached hydrogen (secondary N) is 1. The summed E-state index contributed by atoms with van der Waals surface area (Å²) in [6.45, 7) is 3.81. The maximum absolute atomic E-state index is 12.5. The number of nitrogens with zero attached hydrogens (tertiary/aromatic N) is 3. The zero-order valence-corrected chi connectivity index (χ0v) is 17.0. The average molecular weight is 412 g/mol. The largest absolute Gasteiger partial charge is 0.497 e. The molecule has 9 nitrogen and oxygen atoms in total. The van der Waals surface area contributed by atoms with Crippen molar-refractivity contribution in [2.75, 3.05) is 38.2 Å². The Bertz CT molecular complexity index is 954. The molecule has 0 unspecified atom stereocenters. The Kier molecular flexibility index (Phi) is 6.51. The highest BCUT2D eigenvalue weighted by molar-refractivity contribution is 5.95. The lowest BCUT2D eigenvalue weighted by molar-refractivity contribution is -0.384. The minimum absolute atomic E-state index is 0.00722. The van der Waals surface area contributed by atoms with Crippen molar-refractivity contribution < 1.29 is 19.2 Å². The number of ether oxygens (including phenoxy) is 1. The fourth-order valence-corrected chi connectivity index (χ4v) is 3.41. The predicted octanol–water partition coefficient (Wildman–Crippen LogP) is 2.20. The highest BCUT2D eigenvalue weighted by atomic mass is 16.6. The van der Waals surface area contributed by atoms with Gasteiger partial charge in [0.1, 0.15) is 11.4 Å². The van der Waals surface area contributed by atoms with Crippen LogP contribution in [-0.2, 0) is 11.3 Å². The van der Waals surface area contributed by atoms with Crippen molar-refractivity contribution in [1.29, 1.82) is 0 Å². The summed E-state index contributed by atoms with van der Waals surface area (Å²) in [5, 5.41) is 14.4. The summed E-state index contributed by atoms with van der Waals surface area (Å²) >= 11 is 0. The molecule has 2 aromatic rings. The highest BCUT2D eigenvalue weighted by Crippen LogP contribution is 2.30. The van der Waals surface area contributed by atoms with Crippen molar-refractivity contribution in [1.82, 2.24) is 10.2 Å². The molecule has 0 aliphatic carbocycles. The molecule has 0 aromatic heterocycles. The molecule has 1 aliphatic heterocycles. The third-order valence-electron chi connectivity index (χ3n) is 5.09. The van der Waals surface area contributed by atoms with Crippen LogP contribution in [0.5, 0.6) is 5.75 Å². The monoisotopic (exact) mass is 412 g/mol. The minimum atomic E-state index is -0.481. The molecule has 9 heteroatoms. The lowest BCUT2D eigenvalue weighted by Gasteiger charge is -2.35. The molecule has 1 aliphatic rings. The van der Waals surface area contributed by atoms with Gasteiger partial charge in [-0.15, -0.1) is 0 Å². The van der Waals surface area contributed by atoms with E-state index < -0.39 is 10.8 Å². The van der Waals surface area contributed by atoms with Crippen LogP contribution in [0.3, 0.4) is 0 Å². The number of piperazine rings is 1. The SMILES string of the molecule is COc1cccc(CNC(=O)c2ccc(N3CCN(C(C)=O)CC3)c([N+](=O)[O-])c2)c1. The van der Waals surface area contributed by atoms with Crippen molar-refractivity contribution >= 4 is 23.2 Å². The van der Waals surface area contributed by atoms with E-state index in [-0.39, 0.29) is 23.7 Å². The molecule has 0 spiro atoms. The van der Waals surface area contributed by atoms with Crippen LogP contribution in [0.1, 0.15) is 22.8 Å². The van der Waals surface area contributed by atoms with E-state index in [0.717, 1.165) is 5.56 Å². The van der Waals surface area contributed by atoms with Crippen molar-refractivity contribution in [3.63, 3.8) is 0 Å². The van der Waals surface area contributed by atoms with Crippen molar-refractivity contribution in [3.05, 3.63) is 63.7 Å². The third kappa shape index (κ3) is 4.86. The first kappa shape index (κ1) is 21.1. The Morgan fingerprint density at radius 2 is 1.87 bits per heavy atom. The Labute approximate surface area is 174 Å². The van der Waals surface area contributed by atoms with Gasteiger partial charge in [-0.2, -0.15) is 0 Å². The van der Waals surface area contributed by atoms with E-state index in [1.165, 1.54) is 13.0 Å². The first-order valence-corrected chi connectivity index (χ1v) is 9.59. The van der Waals surface area contributed by atoms with Crippen LogP contribution < -0.4 is 15.0 Å². The highest BCUT2D eigenvalue weighted by Gasteiger charge is 2.25. The van der Waals surface area contributed by atoms with Crippen LogP contribution in [-0.4, -0.2) is 54.9 Å². The van der Waals surface area contributed by atoms with E-state index in [2.05, 4.69) is 5.32 Å². The number of hydrogen-bond donors (Lipinski definition) is 1. The van der Waals surface area contributed by atoms with E-state index in [4.69, 9.17) is 4.74 Å². The molecule has 1 fully saturated rings. The summed E-state index contributed by atoms with van der Waals surface area (Å²) in [4.78, 5) is 38.7. The van der Waals surface area contributed by atoms with E-state index in [1.54, 1.807) is 24.1 Å². The van der Waals surface area contributed by atoms with Gasteiger partial charge in [0, 0.05) is 51.3 Å². The van der Waals surface area contributed by atoms with E-state index in [0.29, 0.717) is 37.6 Å². The lowest BCUT2D eigenvalue weighted by atomic mass is 10.1. The number of rotatable bonds is 6. The lowest BCUT2D eigenvalue weighted by Crippen LogP contribution is -2.48. The van der Waals surface area contributed by atoms with Crippen LogP contribution >= 0.6 is 0 Å². The first-order chi connectivity index (χ1) is 14.4. The molecule has 158 valence electrons. The average Bonchev–Trinajstić information content (AvgIpc) is 2.77. The second kappa shape index (κ2) is 9.25.